The molecule has 0 aliphatic carbocycles. The van der Waals surface area contributed by atoms with Crippen molar-refractivity contribution in [2.24, 2.45) is 0 Å². The molecule has 0 aliphatic rings. The fraction of sp³-hybridized carbons (Fsp3) is 0. The first-order valence-corrected chi connectivity index (χ1v) is 13.7. The molecule has 0 saturated carbocycles. The fourth-order valence-electron chi connectivity index (χ4n) is 2.18. The summed E-state index contributed by atoms with van der Waals surface area (Å²) >= 11 is -0.363. The van der Waals surface area contributed by atoms with Gasteiger partial charge in [-0.1, -0.05) is 91.0 Å². The molecule has 3 aromatic carbocycles. The van der Waals surface area contributed by atoms with Crippen molar-refractivity contribution in [3.05, 3.63) is 91.0 Å². The van der Waals surface area contributed by atoms with Gasteiger partial charge in [-0.15, -0.1) is 0 Å². The van der Waals surface area contributed by atoms with Gasteiger partial charge >= 0.3 is 34.6 Å². The van der Waals surface area contributed by atoms with Gasteiger partial charge in [0, 0.05) is 0 Å². The summed E-state index contributed by atoms with van der Waals surface area (Å²) in [4.78, 5) is 0. The third-order valence-corrected chi connectivity index (χ3v) is 5.49. The molecule has 3 aromatic rings. The van der Waals surface area contributed by atoms with E-state index in [0.717, 1.165) is 0 Å². The molecule has 0 unspecified atom stereocenters. The molecular weight excluding hydrogens is 407 g/mol. The number of rotatable bonds is 3. The van der Waals surface area contributed by atoms with Gasteiger partial charge in [0.05, 0.1) is 0 Å². The van der Waals surface area contributed by atoms with E-state index < -0.39 is 7.92 Å². The molecule has 0 heterocycles. The third kappa shape index (κ3) is 5.14. The van der Waals surface area contributed by atoms with Crippen LogP contribution in [0.4, 0.5) is 0 Å². The molecule has 4 heteroatoms. The van der Waals surface area contributed by atoms with E-state index >= 15 is 0 Å². The Morgan fingerprint density at radius 3 is 0.955 bits per heavy atom. The van der Waals surface area contributed by atoms with Crippen molar-refractivity contribution in [1.82, 2.24) is 0 Å². The summed E-state index contributed by atoms with van der Waals surface area (Å²) in [6.45, 7) is 0. The summed E-state index contributed by atoms with van der Waals surface area (Å²) in [6.07, 6.45) is 0. The molecule has 3 rings (SSSR count). The van der Waals surface area contributed by atoms with Crippen LogP contribution in [0.15, 0.2) is 91.0 Å². The minimum absolute atomic E-state index is 0.363. The van der Waals surface area contributed by atoms with Gasteiger partial charge in [0.25, 0.3) is 0 Å². The van der Waals surface area contributed by atoms with Crippen molar-refractivity contribution in [2.45, 2.75) is 0 Å². The first kappa shape index (κ1) is 17.6. The standard InChI is InChI=1S/C18H15P.Mo.2S/c1-4-10-16(11-5-1)19(17-12-6-2-7-13-17)18-14-8-3-9-15-18;;;/h1-15H;;;. The van der Waals surface area contributed by atoms with Crippen LogP contribution in [0.5, 0.6) is 0 Å². The fourth-order valence-corrected chi connectivity index (χ4v) is 4.48. The van der Waals surface area contributed by atoms with Gasteiger partial charge in [0.1, 0.15) is 0 Å². The van der Waals surface area contributed by atoms with Crippen molar-refractivity contribution < 1.29 is 14.9 Å². The Kier molecular flexibility index (Phi) is 8.05. The Hall–Kier alpha value is -0.782. The second kappa shape index (κ2) is 10.1. The van der Waals surface area contributed by atoms with E-state index in [1.54, 1.807) is 0 Å². The Morgan fingerprint density at radius 1 is 0.500 bits per heavy atom. The van der Waals surface area contributed by atoms with Gasteiger partial charge in [0.2, 0.25) is 0 Å². The van der Waals surface area contributed by atoms with E-state index in [4.69, 9.17) is 0 Å². The molecule has 0 amide bonds. The molecule has 0 aromatic heterocycles. The van der Waals surface area contributed by atoms with Crippen molar-refractivity contribution in [1.29, 1.82) is 0 Å². The van der Waals surface area contributed by atoms with Crippen LogP contribution < -0.4 is 15.9 Å². The van der Waals surface area contributed by atoms with Crippen LogP contribution in [0, 0.1) is 0 Å². The van der Waals surface area contributed by atoms with Gasteiger partial charge < -0.3 is 0 Å². The Balaban J connectivity index is 0.000000545. The van der Waals surface area contributed by atoms with E-state index in [0.29, 0.717) is 0 Å². The molecule has 0 saturated heterocycles. The zero-order chi connectivity index (χ0) is 15.6. The second-order valence-electron chi connectivity index (χ2n) is 4.41. The van der Waals surface area contributed by atoms with Gasteiger partial charge in [-0.3, -0.25) is 0 Å². The van der Waals surface area contributed by atoms with E-state index in [1.807, 2.05) is 0 Å². The average molecular weight is 422 g/mol. The molecule has 110 valence electrons. The predicted molar refractivity (Wildman–Crippen MR) is 100 cm³/mol. The average Bonchev–Trinajstić information content (AvgIpc) is 2.59. The first-order valence-electron chi connectivity index (χ1n) is 6.74. The predicted octanol–water partition coefficient (Wildman–Crippen LogP) is 4.74. The maximum atomic E-state index is 4.34. The molecule has 0 bridgehead atoms. The maximum Gasteiger partial charge on any atom is -0.0134 e. The topological polar surface area (TPSA) is 0 Å². The van der Waals surface area contributed by atoms with Crippen LogP contribution >= 0.6 is 27.6 Å². The number of benzene rings is 3. The van der Waals surface area contributed by atoms with Crippen LogP contribution in [-0.2, 0) is 14.9 Å². The summed E-state index contributed by atoms with van der Waals surface area (Å²) < 4.78 is 0. The third-order valence-electron chi connectivity index (χ3n) is 3.04. The molecular formula is C18H15MoPS2. The minimum atomic E-state index is -0.446. The van der Waals surface area contributed by atoms with Crippen molar-refractivity contribution in [3.8, 4) is 0 Å². The van der Waals surface area contributed by atoms with E-state index in [1.165, 1.54) is 15.9 Å². The second-order valence-corrected chi connectivity index (χ2v) is 10.2. The SMILES string of the molecule is [S]=[Mo]=[S].c1ccc(P(c2ccccc2)c2ccccc2)cc1. The largest absolute Gasteiger partial charge is 0.0622 e. The molecule has 0 N–H and O–H groups in total. The van der Waals surface area contributed by atoms with Crippen LogP contribution in [0.1, 0.15) is 0 Å². The van der Waals surface area contributed by atoms with E-state index in [9.17, 15) is 0 Å². The zero-order valence-corrected chi connectivity index (χ0v) is 16.4. The smallest absolute Gasteiger partial charge is 0.0134 e. The Morgan fingerprint density at radius 2 is 0.727 bits per heavy atom. The quantitative estimate of drug-likeness (QED) is 0.442. The monoisotopic (exact) mass is 424 g/mol. The van der Waals surface area contributed by atoms with E-state index in [-0.39, 0.29) is 14.9 Å². The maximum absolute atomic E-state index is 4.34. The van der Waals surface area contributed by atoms with E-state index in [2.05, 4.69) is 111 Å². The Labute approximate surface area is 148 Å². The normalized spacial score (nSPS) is 9.68. The molecule has 0 atom stereocenters. The summed E-state index contributed by atoms with van der Waals surface area (Å²) in [6, 6.07) is 32.3. The van der Waals surface area contributed by atoms with Gasteiger partial charge in [0.15, 0.2) is 0 Å². The van der Waals surface area contributed by atoms with Crippen LogP contribution in [0.2, 0.25) is 0 Å². The zero-order valence-electron chi connectivity index (χ0n) is 11.8. The van der Waals surface area contributed by atoms with Crippen LogP contribution in [-0.4, -0.2) is 0 Å². The van der Waals surface area contributed by atoms with Gasteiger partial charge in [-0.2, -0.15) is 0 Å². The van der Waals surface area contributed by atoms with Crippen LogP contribution in [0.3, 0.4) is 0 Å². The van der Waals surface area contributed by atoms with Crippen molar-refractivity contribution in [3.63, 3.8) is 0 Å². The van der Waals surface area contributed by atoms with Gasteiger partial charge in [-0.25, -0.2) is 0 Å². The van der Waals surface area contributed by atoms with Crippen molar-refractivity contribution >= 4 is 43.5 Å². The molecule has 0 aliphatic heterocycles. The molecule has 0 fully saturated rings. The summed E-state index contributed by atoms with van der Waals surface area (Å²) in [5, 5.41) is 4.19. The number of hydrogen-bond acceptors (Lipinski definition) is 2. The molecule has 0 nitrogen and oxygen atoms in total. The van der Waals surface area contributed by atoms with Gasteiger partial charge in [-0.05, 0) is 23.8 Å². The van der Waals surface area contributed by atoms with Crippen LogP contribution in [0.25, 0.3) is 0 Å². The summed E-state index contributed by atoms with van der Waals surface area (Å²) in [5.74, 6) is 0. The molecule has 22 heavy (non-hydrogen) atoms. The number of hydrogen-bond donors (Lipinski definition) is 0. The molecule has 0 radical (unpaired) electrons. The summed E-state index contributed by atoms with van der Waals surface area (Å²) in [5.41, 5.74) is 0. The Bertz CT molecular complexity index is 618. The first-order chi connectivity index (χ1) is 10.9. The minimum Gasteiger partial charge on any atom is -0.0622 e. The summed E-state index contributed by atoms with van der Waals surface area (Å²) in [7, 11) is 8.23. The van der Waals surface area contributed by atoms with Crippen molar-refractivity contribution in [2.75, 3.05) is 0 Å². The molecule has 0 spiro atoms.